The molecule has 66 valence electrons. The van der Waals surface area contributed by atoms with Gasteiger partial charge in [0.25, 0.3) is 0 Å². The summed E-state index contributed by atoms with van der Waals surface area (Å²) < 4.78 is 5.44. The molecule has 11 heavy (non-hydrogen) atoms. The standard InChI is InChI=1S/C10H20O/c1-4-9-7-8(2)5-6-10(9)11-3/h8-10H,4-7H2,1-3H3/t8-,9?,10+/m0/s1. The second-order valence-electron chi connectivity index (χ2n) is 3.86. The first kappa shape index (κ1) is 9.05. The van der Waals surface area contributed by atoms with Gasteiger partial charge in [-0.1, -0.05) is 20.3 Å². The molecule has 1 saturated carbocycles. The molecule has 1 rings (SSSR count). The summed E-state index contributed by atoms with van der Waals surface area (Å²) in [7, 11) is 1.85. The summed E-state index contributed by atoms with van der Waals surface area (Å²) in [6.45, 7) is 4.63. The lowest BCUT2D eigenvalue weighted by Gasteiger charge is -2.33. The van der Waals surface area contributed by atoms with Gasteiger partial charge in [-0.25, -0.2) is 0 Å². The Labute approximate surface area is 70.1 Å². The highest BCUT2D eigenvalue weighted by Gasteiger charge is 2.26. The Bertz CT molecular complexity index is 111. The molecule has 0 aromatic heterocycles. The molecule has 0 aromatic carbocycles. The Balaban J connectivity index is 2.41. The molecule has 0 amide bonds. The molecule has 0 spiro atoms. The zero-order chi connectivity index (χ0) is 8.27. The van der Waals surface area contributed by atoms with Crippen LogP contribution in [0.3, 0.4) is 0 Å². The van der Waals surface area contributed by atoms with Gasteiger partial charge in [-0.3, -0.25) is 0 Å². The van der Waals surface area contributed by atoms with E-state index >= 15 is 0 Å². The van der Waals surface area contributed by atoms with Crippen molar-refractivity contribution >= 4 is 0 Å². The Morgan fingerprint density at radius 1 is 1.36 bits per heavy atom. The first-order chi connectivity index (χ1) is 5.27. The highest BCUT2D eigenvalue weighted by molar-refractivity contribution is 4.77. The van der Waals surface area contributed by atoms with Gasteiger partial charge in [0, 0.05) is 7.11 Å². The topological polar surface area (TPSA) is 9.23 Å². The number of hydrogen-bond donors (Lipinski definition) is 0. The van der Waals surface area contributed by atoms with Crippen LogP contribution in [0.4, 0.5) is 0 Å². The van der Waals surface area contributed by atoms with Crippen molar-refractivity contribution in [1.29, 1.82) is 0 Å². The predicted octanol–water partition coefficient (Wildman–Crippen LogP) is 2.85. The van der Waals surface area contributed by atoms with Gasteiger partial charge in [-0.15, -0.1) is 0 Å². The molecule has 0 N–H and O–H groups in total. The molecule has 0 saturated heterocycles. The van der Waals surface area contributed by atoms with Gasteiger partial charge in [-0.05, 0) is 31.1 Å². The van der Waals surface area contributed by atoms with Crippen molar-refractivity contribution in [2.45, 2.75) is 45.6 Å². The number of methoxy groups -OCH3 is 1. The summed E-state index contributed by atoms with van der Waals surface area (Å²) in [5, 5.41) is 0. The predicted molar refractivity (Wildman–Crippen MR) is 47.6 cm³/mol. The maximum absolute atomic E-state index is 5.44. The van der Waals surface area contributed by atoms with Crippen LogP contribution in [-0.2, 0) is 4.74 Å². The number of hydrogen-bond acceptors (Lipinski definition) is 1. The van der Waals surface area contributed by atoms with Crippen LogP contribution in [-0.4, -0.2) is 13.2 Å². The molecule has 0 aromatic rings. The van der Waals surface area contributed by atoms with E-state index in [0.717, 1.165) is 11.8 Å². The zero-order valence-corrected chi connectivity index (χ0v) is 7.97. The van der Waals surface area contributed by atoms with Crippen LogP contribution in [0.1, 0.15) is 39.5 Å². The minimum Gasteiger partial charge on any atom is -0.381 e. The van der Waals surface area contributed by atoms with Gasteiger partial charge in [0.1, 0.15) is 0 Å². The van der Waals surface area contributed by atoms with Crippen molar-refractivity contribution in [2.75, 3.05) is 7.11 Å². The molecule has 1 heteroatoms. The fourth-order valence-corrected chi connectivity index (χ4v) is 2.21. The summed E-state index contributed by atoms with van der Waals surface area (Å²) in [6.07, 6.45) is 5.83. The van der Waals surface area contributed by atoms with Crippen LogP contribution >= 0.6 is 0 Å². The van der Waals surface area contributed by atoms with Crippen molar-refractivity contribution in [1.82, 2.24) is 0 Å². The lowest BCUT2D eigenvalue weighted by molar-refractivity contribution is 0.00922. The second kappa shape index (κ2) is 4.10. The fourth-order valence-electron chi connectivity index (χ4n) is 2.21. The van der Waals surface area contributed by atoms with Crippen LogP contribution in [0, 0.1) is 11.8 Å². The van der Waals surface area contributed by atoms with Gasteiger partial charge in [0.05, 0.1) is 6.10 Å². The van der Waals surface area contributed by atoms with Gasteiger partial charge >= 0.3 is 0 Å². The van der Waals surface area contributed by atoms with Crippen molar-refractivity contribution in [2.24, 2.45) is 11.8 Å². The lowest BCUT2D eigenvalue weighted by atomic mass is 9.79. The van der Waals surface area contributed by atoms with E-state index < -0.39 is 0 Å². The fraction of sp³-hybridized carbons (Fsp3) is 1.00. The molecule has 0 radical (unpaired) electrons. The van der Waals surface area contributed by atoms with Gasteiger partial charge in [0.2, 0.25) is 0 Å². The van der Waals surface area contributed by atoms with E-state index in [4.69, 9.17) is 4.74 Å². The molecule has 1 aliphatic rings. The quantitative estimate of drug-likeness (QED) is 0.597. The summed E-state index contributed by atoms with van der Waals surface area (Å²) in [4.78, 5) is 0. The van der Waals surface area contributed by atoms with Crippen LogP contribution in [0.5, 0.6) is 0 Å². The zero-order valence-electron chi connectivity index (χ0n) is 7.97. The van der Waals surface area contributed by atoms with Crippen molar-refractivity contribution in [3.63, 3.8) is 0 Å². The molecule has 0 bridgehead atoms. The SMILES string of the molecule is CCC1C[C@@H](C)CC[C@H]1OC. The molecule has 1 unspecified atom stereocenters. The van der Waals surface area contributed by atoms with E-state index in [2.05, 4.69) is 13.8 Å². The summed E-state index contributed by atoms with van der Waals surface area (Å²) in [6, 6.07) is 0. The minimum absolute atomic E-state index is 0.552. The minimum atomic E-state index is 0.552. The molecule has 1 aliphatic carbocycles. The maximum atomic E-state index is 5.44. The Morgan fingerprint density at radius 3 is 2.64 bits per heavy atom. The third-order valence-electron chi connectivity index (χ3n) is 3.00. The largest absolute Gasteiger partial charge is 0.381 e. The molecule has 1 nitrogen and oxygen atoms in total. The highest BCUT2D eigenvalue weighted by atomic mass is 16.5. The second-order valence-corrected chi connectivity index (χ2v) is 3.86. The van der Waals surface area contributed by atoms with Crippen LogP contribution in [0.25, 0.3) is 0 Å². The Morgan fingerprint density at radius 2 is 2.09 bits per heavy atom. The third-order valence-corrected chi connectivity index (χ3v) is 3.00. The van der Waals surface area contributed by atoms with E-state index in [9.17, 15) is 0 Å². The number of ether oxygens (including phenoxy) is 1. The van der Waals surface area contributed by atoms with Crippen LogP contribution in [0.2, 0.25) is 0 Å². The van der Waals surface area contributed by atoms with Gasteiger partial charge < -0.3 is 4.74 Å². The number of rotatable bonds is 2. The molecule has 1 fully saturated rings. The average Bonchev–Trinajstić information content (AvgIpc) is 2.04. The van der Waals surface area contributed by atoms with Crippen LogP contribution in [0.15, 0.2) is 0 Å². The third kappa shape index (κ3) is 2.19. The Hall–Kier alpha value is -0.0400. The molecular weight excluding hydrogens is 136 g/mol. The lowest BCUT2D eigenvalue weighted by Crippen LogP contribution is -2.29. The van der Waals surface area contributed by atoms with E-state index in [1.54, 1.807) is 0 Å². The monoisotopic (exact) mass is 156 g/mol. The maximum Gasteiger partial charge on any atom is 0.0599 e. The molecule has 0 aliphatic heterocycles. The van der Waals surface area contributed by atoms with Crippen molar-refractivity contribution < 1.29 is 4.74 Å². The highest BCUT2D eigenvalue weighted by Crippen LogP contribution is 2.32. The van der Waals surface area contributed by atoms with E-state index in [-0.39, 0.29) is 0 Å². The van der Waals surface area contributed by atoms with Crippen LogP contribution < -0.4 is 0 Å². The molecule has 3 atom stereocenters. The van der Waals surface area contributed by atoms with Crippen molar-refractivity contribution in [3.05, 3.63) is 0 Å². The van der Waals surface area contributed by atoms with Gasteiger partial charge in [-0.2, -0.15) is 0 Å². The Kier molecular flexibility index (Phi) is 3.38. The first-order valence-corrected chi connectivity index (χ1v) is 4.80. The summed E-state index contributed by atoms with van der Waals surface area (Å²) >= 11 is 0. The molecule has 0 heterocycles. The molecular formula is C10H20O. The van der Waals surface area contributed by atoms with E-state index in [0.29, 0.717) is 6.10 Å². The summed E-state index contributed by atoms with van der Waals surface area (Å²) in [5.41, 5.74) is 0. The smallest absolute Gasteiger partial charge is 0.0599 e. The normalized spacial score (nSPS) is 39.0. The van der Waals surface area contributed by atoms with Gasteiger partial charge in [0.15, 0.2) is 0 Å². The van der Waals surface area contributed by atoms with Crippen molar-refractivity contribution in [3.8, 4) is 0 Å². The van der Waals surface area contributed by atoms with E-state index in [1.807, 2.05) is 7.11 Å². The summed E-state index contributed by atoms with van der Waals surface area (Å²) in [5.74, 6) is 1.75. The van der Waals surface area contributed by atoms with E-state index in [1.165, 1.54) is 25.7 Å². The average molecular weight is 156 g/mol. The first-order valence-electron chi connectivity index (χ1n) is 4.80.